The fraction of sp³-hybridized carbons (Fsp3) is 0.364. The number of amides is 2. The molecule has 1 aliphatic heterocycles. The van der Waals surface area contributed by atoms with Gasteiger partial charge in [0.25, 0.3) is 0 Å². The summed E-state index contributed by atoms with van der Waals surface area (Å²) in [4.78, 5) is 26.1. The first kappa shape index (κ1) is 21.4. The minimum atomic E-state index is -0.705. The summed E-state index contributed by atoms with van der Waals surface area (Å²) in [6, 6.07) is 8.37. The lowest BCUT2D eigenvalue weighted by Gasteiger charge is -2.28. The van der Waals surface area contributed by atoms with Gasteiger partial charge < -0.3 is 29.4 Å². The van der Waals surface area contributed by atoms with Crippen LogP contribution in [0, 0.1) is 6.92 Å². The summed E-state index contributed by atoms with van der Waals surface area (Å²) in [6.07, 6.45) is 1.51. The van der Waals surface area contributed by atoms with E-state index >= 15 is 0 Å². The van der Waals surface area contributed by atoms with E-state index in [-0.39, 0.29) is 12.6 Å². The Labute approximate surface area is 175 Å². The van der Waals surface area contributed by atoms with E-state index in [9.17, 15) is 9.59 Å². The predicted molar refractivity (Wildman–Crippen MR) is 110 cm³/mol. The van der Waals surface area contributed by atoms with Gasteiger partial charge in [-0.15, -0.1) is 0 Å². The van der Waals surface area contributed by atoms with Gasteiger partial charge >= 0.3 is 12.0 Å². The van der Waals surface area contributed by atoms with Crippen LogP contribution < -0.4 is 20.3 Å². The van der Waals surface area contributed by atoms with E-state index in [0.29, 0.717) is 30.1 Å². The topological polar surface area (TPSA) is 94.2 Å². The zero-order valence-corrected chi connectivity index (χ0v) is 17.7. The molecular formula is C22H28N3O5+. The molecular weight excluding hydrogens is 386 g/mol. The number of ether oxygens (including phenoxy) is 2. The summed E-state index contributed by atoms with van der Waals surface area (Å²) in [5.41, 5.74) is 3.05. The highest BCUT2D eigenvalue weighted by atomic mass is 16.5. The van der Waals surface area contributed by atoms with E-state index in [1.165, 1.54) is 6.26 Å². The number of hydrogen-bond acceptors (Lipinski definition) is 5. The lowest BCUT2D eigenvalue weighted by Crippen LogP contribution is -3.08. The molecule has 1 aromatic heterocycles. The quantitative estimate of drug-likeness (QED) is 0.569. The van der Waals surface area contributed by atoms with Crippen LogP contribution in [0.4, 0.5) is 4.79 Å². The molecule has 8 heteroatoms. The standard InChI is InChI=1S/C22H27N3O5/c1-5-29-21(26)19-16(23-22(27)24-20(19)18-7-6-10-30-18)13-25(3)12-15-11-14(2)8-9-17(15)28-4/h6-11,20H,5,12-13H2,1-4H3,(H2,23,24,27)/p+1/t20-/m0/s1. The normalized spacial score (nSPS) is 17.2. The number of quaternary nitrogens is 1. The molecule has 0 saturated carbocycles. The van der Waals surface area contributed by atoms with Crippen molar-refractivity contribution in [1.82, 2.24) is 10.6 Å². The Hall–Kier alpha value is -3.26. The highest BCUT2D eigenvalue weighted by Gasteiger charge is 2.36. The smallest absolute Gasteiger partial charge is 0.338 e. The van der Waals surface area contributed by atoms with Gasteiger partial charge in [0, 0.05) is 5.56 Å². The Morgan fingerprint density at radius 2 is 2.07 bits per heavy atom. The molecule has 0 fully saturated rings. The number of furan rings is 1. The molecule has 3 N–H and O–H groups in total. The number of likely N-dealkylation sites (N-methyl/N-ethyl adjacent to an activating group) is 1. The van der Waals surface area contributed by atoms with Crippen molar-refractivity contribution in [2.24, 2.45) is 0 Å². The van der Waals surface area contributed by atoms with Gasteiger partial charge in [0.05, 0.1) is 38.3 Å². The zero-order valence-electron chi connectivity index (χ0n) is 17.7. The van der Waals surface area contributed by atoms with Gasteiger partial charge in [-0.2, -0.15) is 0 Å². The molecule has 2 heterocycles. The van der Waals surface area contributed by atoms with Crippen molar-refractivity contribution >= 4 is 12.0 Å². The molecule has 160 valence electrons. The summed E-state index contributed by atoms with van der Waals surface area (Å²) >= 11 is 0. The summed E-state index contributed by atoms with van der Waals surface area (Å²) in [6.45, 7) is 5.07. The molecule has 0 aliphatic carbocycles. The van der Waals surface area contributed by atoms with Gasteiger partial charge in [-0.25, -0.2) is 9.59 Å². The van der Waals surface area contributed by atoms with E-state index in [1.54, 1.807) is 26.2 Å². The largest absolute Gasteiger partial charge is 0.496 e. The van der Waals surface area contributed by atoms with Crippen molar-refractivity contribution in [3.8, 4) is 5.75 Å². The van der Waals surface area contributed by atoms with Gasteiger partial charge in [0.1, 0.15) is 30.6 Å². The number of hydrogen-bond donors (Lipinski definition) is 3. The fourth-order valence-corrected chi connectivity index (χ4v) is 3.61. The van der Waals surface area contributed by atoms with Gasteiger partial charge in [0.15, 0.2) is 0 Å². The van der Waals surface area contributed by atoms with Crippen LogP contribution in [0.1, 0.15) is 29.9 Å². The van der Waals surface area contributed by atoms with Crippen LogP contribution in [0.25, 0.3) is 0 Å². The van der Waals surface area contributed by atoms with Crippen molar-refractivity contribution in [1.29, 1.82) is 0 Å². The van der Waals surface area contributed by atoms with Crippen molar-refractivity contribution in [2.75, 3.05) is 27.3 Å². The summed E-state index contributed by atoms with van der Waals surface area (Å²) in [5, 5.41) is 5.54. The molecule has 0 saturated heterocycles. The third-order valence-corrected chi connectivity index (χ3v) is 4.88. The second-order valence-corrected chi connectivity index (χ2v) is 7.29. The van der Waals surface area contributed by atoms with Gasteiger partial charge in [-0.3, -0.25) is 0 Å². The van der Waals surface area contributed by atoms with Gasteiger partial charge in [-0.1, -0.05) is 11.6 Å². The Bertz CT molecular complexity index is 936. The summed E-state index contributed by atoms with van der Waals surface area (Å²) in [7, 11) is 3.64. The van der Waals surface area contributed by atoms with E-state index < -0.39 is 12.0 Å². The molecule has 0 spiro atoms. The number of rotatable bonds is 8. The molecule has 1 unspecified atom stereocenters. The van der Waals surface area contributed by atoms with Crippen LogP contribution >= 0.6 is 0 Å². The SMILES string of the molecule is CCOC(=O)C1=C(C[NH+](C)Cc2cc(C)ccc2OC)NC(=O)N[C@H]1c1ccco1. The molecule has 0 radical (unpaired) electrons. The number of nitrogens with one attached hydrogen (secondary N) is 3. The molecule has 0 bridgehead atoms. The minimum Gasteiger partial charge on any atom is -0.496 e. The monoisotopic (exact) mass is 414 g/mol. The number of urea groups is 1. The molecule has 30 heavy (non-hydrogen) atoms. The molecule has 8 nitrogen and oxygen atoms in total. The Kier molecular flexibility index (Phi) is 6.79. The van der Waals surface area contributed by atoms with Crippen LogP contribution in [0.5, 0.6) is 5.75 Å². The van der Waals surface area contributed by atoms with Crippen molar-refractivity contribution in [3.63, 3.8) is 0 Å². The Balaban J connectivity index is 1.91. The first-order valence-corrected chi connectivity index (χ1v) is 9.88. The van der Waals surface area contributed by atoms with Crippen LogP contribution in [-0.4, -0.2) is 39.3 Å². The average molecular weight is 414 g/mol. The molecule has 1 aromatic carbocycles. The van der Waals surface area contributed by atoms with Crippen LogP contribution in [0.3, 0.4) is 0 Å². The third kappa shape index (κ3) is 4.83. The van der Waals surface area contributed by atoms with Crippen molar-refractivity contribution in [2.45, 2.75) is 26.4 Å². The average Bonchev–Trinajstić information content (AvgIpc) is 3.22. The van der Waals surface area contributed by atoms with Crippen molar-refractivity contribution in [3.05, 3.63) is 64.8 Å². The minimum absolute atomic E-state index is 0.234. The zero-order chi connectivity index (χ0) is 21.7. The Morgan fingerprint density at radius 3 is 2.73 bits per heavy atom. The molecule has 2 aromatic rings. The predicted octanol–water partition coefficient (Wildman–Crippen LogP) is 1.48. The highest BCUT2D eigenvalue weighted by Crippen LogP contribution is 2.27. The number of esters is 1. The van der Waals surface area contributed by atoms with E-state index in [1.807, 2.05) is 26.1 Å². The van der Waals surface area contributed by atoms with Crippen LogP contribution in [0.2, 0.25) is 0 Å². The molecule has 2 amide bonds. The van der Waals surface area contributed by atoms with Crippen LogP contribution in [-0.2, 0) is 16.1 Å². The number of carbonyl (C=O) groups is 2. The van der Waals surface area contributed by atoms with Crippen molar-refractivity contribution < 1.29 is 28.4 Å². The van der Waals surface area contributed by atoms with E-state index in [2.05, 4.69) is 16.7 Å². The fourth-order valence-electron chi connectivity index (χ4n) is 3.61. The van der Waals surface area contributed by atoms with Gasteiger partial charge in [-0.05, 0) is 38.1 Å². The second-order valence-electron chi connectivity index (χ2n) is 7.29. The van der Waals surface area contributed by atoms with E-state index in [4.69, 9.17) is 13.9 Å². The lowest BCUT2D eigenvalue weighted by molar-refractivity contribution is -0.889. The van der Waals surface area contributed by atoms with Crippen LogP contribution in [0.15, 0.2) is 52.3 Å². The lowest BCUT2D eigenvalue weighted by atomic mass is 9.99. The highest BCUT2D eigenvalue weighted by molar-refractivity contribution is 5.95. The first-order valence-electron chi connectivity index (χ1n) is 9.88. The molecule has 1 aliphatic rings. The number of aryl methyl sites for hydroxylation is 1. The Morgan fingerprint density at radius 1 is 1.27 bits per heavy atom. The maximum atomic E-state index is 12.8. The third-order valence-electron chi connectivity index (χ3n) is 4.88. The number of carbonyl (C=O) groups excluding carboxylic acids is 2. The summed E-state index contributed by atoms with van der Waals surface area (Å²) in [5.74, 6) is 0.799. The first-order chi connectivity index (χ1) is 14.4. The van der Waals surface area contributed by atoms with E-state index in [0.717, 1.165) is 21.8 Å². The summed E-state index contributed by atoms with van der Waals surface area (Å²) < 4.78 is 16.2. The van der Waals surface area contributed by atoms with Gasteiger partial charge in [0.2, 0.25) is 0 Å². The maximum Gasteiger partial charge on any atom is 0.338 e. The number of methoxy groups -OCH3 is 1. The molecule has 3 rings (SSSR count). The second kappa shape index (κ2) is 9.49. The maximum absolute atomic E-state index is 12.8. The molecule has 2 atom stereocenters. The number of benzene rings is 1.